The van der Waals surface area contributed by atoms with E-state index in [2.05, 4.69) is 0 Å². The van der Waals surface area contributed by atoms with E-state index in [4.69, 9.17) is 17.3 Å². The Bertz CT molecular complexity index is 198. The van der Waals surface area contributed by atoms with E-state index in [0.29, 0.717) is 6.54 Å². The molecule has 0 unspecified atom stereocenters. The Labute approximate surface area is 90.1 Å². The number of benzene rings is 1. The van der Waals surface area contributed by atoms with Gasteiger partial charge in [-0.1, -0.05) is 23.7 Å². The van der Waals surface area contributed by atoms with E-state index in [-0.39, 0.29) is 24.8 Å². The van der Waals surface area contributed by atoms with Crippen LogP contribution in [0.15, 0.2) is 24.3 Å². The van der Waals surface area contributed by atoms with Crippen molar-refractivity contribution in [2.45, 2.75) is 6.42 Å². The molecule has 4 heteroatoms. The maximum atomic E-state index is 5.68. The number of hydrogen-bond donors (Lipinski definition) is 1. The van der Waals surface area contributed by atoms with Crippen LogP contribution in [-0.2, 0) is 6.42 Å². The van der Waals surface area contributed by atoms with Crippen molar-refractivity contribution >= 4 is 36.4 Å². The molecule has 0 radical (unpaired) electrons. The molecule has 1 nitrogen and oxygen atoms in total. The second-order valence-corrected chi connectivity index (χ2v) is 2.60. The quantitative estimate of drug-likeness (QED) is 0.828. The van der Waals surface area contributed by atoms with Gasteiger partial charge in [-0.25, -0.2) is 0 Å². The molecule has 0 saturated carbocycles. The molecule has 0 heterocycles. The van der Waals surface area contributed by atoms with Gasteiger partial charge in [-0.05, 0) is 30.7 Å². The largest absolute Gasteiger partial charge is 0.330 e. The van der Waals surface area contributed by atoms with Crippen LogP contribution in [0.3, 0.4) is 0 Å². The van der Waals surface area contributed by atoms with Gasteiger partial charge in [0.05, 0.1) is 0 Å². The van der Waals surface area contributed by atoms with E-state index in [9.17, 15) is 0 Å². The molecular weight excluding hydrogens is 216 g/mol. The van der Waals surface area contributed by atoms with E-state index < -0.39 is 0 Å². The molecule has 0 spiro atoms. The van der Waals surface area contributed by atoms with Crippen LogP contribution in [0.25, 0.3) is 0 Å². The highest BCUT2D eigenvalue weighted by Crippen LogP contribution is 2.09. The van der Waals surface area contributed by atoms with Crippen LogP contribution in [-0.4, -0.2) is 6.54 Å². The monoisotopic (exact) mass is 227 g/mol. The number of halogens is 3. The van der Waals surface area contributed by atoms with Gasteiger partial charge in [0, 0.05) is 5.02 Å². The summed E-state index contributed by atoms with van der Waals surface area (Å²) in [5.41, 5.74) is 6.61. The molecule has 0 amide bonds. The number of hydrogen-bond acceptors (Lipinski definition) is 1. The Hall–Kier alpha value is 0.0500. The van der Waals surface area contributed by atoms with E-state index in [1.165, 1.54) is 5.56 Å². The zero-order valence-corrected chi connectivity index (χ0v) is 8.88. The predicted octanol–water partition coefficient (Wildman–Crippen LogP) is 2.68. The van der Waals surface area contributed by atoms with E-state index in [1.54, 1.807) is 0 Å². The lowest BCUT2D eigenvalue weighted by atomic mass is 10.2. The lowest BCUT2D eigenvalue weighted by Crippen LogP contribution is -2.01. The van der Waals surface area contributed by atoms with Crippen LogP contribution in [0.1, 0.15) is 5.56 Å². The molecule has 0 bridgehead atoms. The summed E-state index contributed by atoms with van der Waals surface area (Å²) in [4.78, 5) is 0. The van der Waals surface area contributed by atoms with Gasteiger partial charge < -0.3 is 5.73 Å². The maximum absolute atomic E-state index is 5.68. The summed E-state index contributed by atoms with van der Waals surface area (Å²) in [7, 11) is 0. The summed E-state index contributed by atoms with van der Waals surface area (Å²) < 4.78 is 0. The fourth-order valence-corrected chi connectivity index (χ4v) is 0.944. The second-order valence-electron chi connectivity index (χ2n) is 2.17. The molecular formula is C8H12Cl3N. The van der Waals surface area contributed by atoms with Crippen LogP contribution < -0.4 is 5.73 Å². The third kappa shape index (κ3) is 4.83. The molecule has 0 aromatic heterocycles. The van der Waals surface area contributed by atoms with Crippen molar-refractivity contribution in [1.82, 2.24) is 0 Å². The molecule has 0 aliphatic carbocycles. The van der Waals surface area contributed by atoms with Gasteiger partial charge in [0.15, 0.2) is 0 Å². The van der Waals surface area contributed by atoms with Gasteiger partial charge >= 0.3 is 0 Å². The number of rotatable bonds is 2. The zero-order chi connectivity index (χ0) is 7.40. The topological polar surface area (TPSA) is 26.0 Å². The standard InChI is InChI=1S/C8H10ClN.2ClH/c9-8-3-1-7(2-4-8)5-6-10;;/h1-4H,5-6,10H2;2*1H. The first kappa shape index (κ1) is 14.6. The highest BCUT2D eigenvalue weighted by atomic mass is 35.5. The summed E-state index contributed by atoms with van der Waals surface area (Å²) in [6.07, 6.45) is 0.928. The van der Waals surface area contributed by atoms with E-state index >= 15 is 0 Å². The van der Waals surface area contributed by atoms with Crippen molar-refractivity contribution in [3.05, 3.63) is 34.9 Å². The third-order valence-electron chi connectivity index (χ3n) is 1.35. The first-order valence-electron chi connectivity index (χ1n) is 3.27. The highest BCUT2D eigenvalue weighted by Gasteiger charge is 1.89. The lowest BCUT2D eigenvalue weighted by Gasteiger charge is -1.96. The Kier molecular flexibility index (Phi) is 9.33. The smallest absolute Gasteiger partial charge is 0.0406 e. The van der Waals surface area contributed by atoms with Crippen molar-refractivity contribution in [2.75, 3.05) is 6.54 Å². The van der Waals surface area contributed by atoms with Crippen LogP contribution >= 0.6 is 36.4 Å². The maximum Gasteiger partial charge on any atom is 0.0406 e. The molecule has 1 aromatic carbocycles. The van der Waals surface area contributed by atoms with Gasteiger partial charge in [-0.15, -0.1) is 24.8 Å². The fraction of sp³-hybridized carbons (Fsp3) is 0.250. The third-order valence-corrected chi connectivity index (χ3v) is 1.60. The molecule has 2 N–H and O–H groups in total. The summed E-state index contributed by atoms with van der Waals surface area (Å²) in [6, 6.07) is 7.75. The Morgan fingerprint density at radius 1 is 1.08 bits per heavy atom. The summed E-state index contributed by atoms with van der Waals surface area (Å²) in [6.45, 7) is 0.696. The fourth-order valence-electron chi connectivity index (χ4n) is 0.818. The molecule has 0 fully saturated rings. The second kappa shape index (κ2) is 7.69. The molecule has 12 heavy (non-hydrogen) atoms. The van der Waals surface area contributed by atoms with E-state index in [1.807, 2.05) is 24.3 Å². The predicted molar refractivity (Wildman–Crippen MR) is 58.7 cm³/mol. The molecule has 0 aliphatic rings. The zero-order valence-electron chi connectivity index (χ0n) is 6.50. The normalized spacial score (nSPS) is 8.17. The average Bonchev–Trinajstić information content (AvgIpc) is 1.95. The molecule has 1 aromatic rings. The molecule has 0 aliphatic heterocycles. The Morgan fingerprint density at radius 3 is 2.00 bits per heavy atom. The van der Waals surface area contributed by atoms with Crippen molar-refractivity contribution in [1.29, 1.82) is 0 Å². The first-order valence-corrected chi connectivity index (χ1v) is 3.65. The van der Waals surface area contributed by atoms with Crippen molar-refractivity contribution in [2.24, 2.45) is 5.73 Å². The van der Waals surface area contributed by atoms with Crippen LogP contribution in [0.2, 0.25) is 5.02 Å². The summed E-state index contributed by atoms with van der Waals surface area (Å²) in [5, 5.41) is 0.778. The minimum Gasteiger partial charge on any atom is -0.330 e. The van der Waals surface area contributed by atoms with Gasteiger partial charge in [0.25, 0.3) is 0 Å². The summed E-state index contributed by atoms with van der Waals surface area (Å²) >= 11 is 5.68. The van der Waals surface area contributed by atoms with Crippen molar-refractivity contribution < 1.29 is 0 Å². The van der Waals surface area contributed by atoms with Gasteiger partial charge in [0.1, 0.15) is 0 Å². The lowest BCUT2D eigenvalue weighted by molar-refractivity contribution is 0.969. The van der Waals surface area contributed by atoms with Crippen LogP contribution in [0.4, 0.5) is 0 Å². The highest BCUT2D eigenvalue weighted by molar-refractivity contribution is 6.30. The number of nitrogens with two attached hydrogens (primary N) is 1. The summed E-state index contributed by atoms with van der Waals surface area (Å²) in [5.74, 6) is 0. The minimum absolute atomic E-state index is 0. The average molecular weight is 229 g/mol. The Balaban J connectivity index is 0. The SMILES string of the molecule is Cl.Cl.NCCc1ccc(Cl)cc1. The van der Waals surface area contributed by atoms with Crippen LogP contribution in [0.5, 0.6) is 0 Å². The van der Waals surface area contributed by atoms with Gasteiger partial charge in [0.2, 0.25) is 0 Å². The molecule has 70 valence electrons. The van der Waals surface area contributed by atoms with Gasteiger partial charge in [-0.3, -0.25) is 0 Å². The van der Waals surface area contributed by atoms with Crippen molar-refractivity contribution in [3.8, 4) is 0 Å². The first-order chi connectivity index (χ1) is 4.83. The van der Waals surface area contributed by atoms with Gasteiger partial charge in [-0.2, -0.15) is 0 Å². The minimum atomic E-state index is 0. The molecule has 1 rings (SSSR count). The van der Waals surface area contributed by atoms with Crippen LogP contribution in [0, 0.1) is 0 Å². The van der Waals surface area contributed by atoms with Crippen molar-refractivity contribution in [3.63, 3.8) is 0 Å². The molecule has 0 atom stereocenters. The van der Waals surface area contributed by atoms with E-state index in [0.717, 1.165) is 11.4 Å². The molecule has 0 saturated heterocycles. The Morgan fingerprint density at radius 2 is 1.58 bits per heavy atom.